The van der Waals surface area contributed by atoms with E-state index in [9.17, 15) is 9.46 Å². The summed E-state index contributed by atoms with van der Waals surface area (Å²) in [5.41, 5.74) is 0. The summed E-state index contributed by atoms with van der Waals surface area (Å²) in [5, 5.41) is 0. The largest absolute Gasteiger partial charge is 0.342 e. The standard InChI is InChI=1S/C10H23O4P/c1-6-7-15(11,12)10(13-8(2)3)14-9(4)5/h8-10H,6-7H2,1-5H3,(H,11,12). The van der Waals surface area contributed by atoms with Crippen molar-refractivity contribution in [2.75, 3.05) is 6.16 Å². The molecule has 0 aliphatic carbocycles. The normalized spacial score (nSPS) is 16.3. The Bertz CT molecular complexity index is 205. The van der Waals surface area contributed by atoms with Crippen LogP contribution in [0.5, 0.6) is 0 Å². The highest BCUT2D eigenvalue weighted by molar-refractivity contribution is 7.58. The van der Waals surface area contributed by atoms with Gasteiger partial charge in [0.15, 0.2) is 0 Å². The van der Waals surface area contributed by atoms with Crippen LogP contribution in [-0.2, 0) is 14.0 Å². The maximum atomic E-state index is 11.9. The molecule has 0 saturated heterocycles. The molecule has 1 unspecified atom stereocenters. The Labute approximate surface area is 92.4 Å². The van der Waals surface area contributed by atoms with Gasteiger partial charge in [0.05, 0.1) is 12.2 Å². The molecule has 15 heavy (non-hydrogen) atoms. The van der Waals surface area contributed by atoms with Crippen molar-refractivity contribution < 1.29 is 18.9 Å². The van der Waals surface area contributed by atoms with Crippen LogP contribution in [0.1, 0.15) is 41.0 Å². The molecule has 0 fully saturated rings. The molecule has 1 N–H and O–H groups in total. The van der Waals surface area contributed by atoms with Gasteiger partial charge in [-0.15, -0.1) is 0 Å². The molecule has 0 heterocycles. The topological polar surface area (TPSA) is 55.8 Å². The first-order valence-corrected chi connectivity index (χ1v) is 7.33. The van der Waals surface area contributed by atoms with Crippen molar-refractivity contribution in [2.45, 2.75) is 59.3 Å². The molecule has 1 atom stereocenters. The number of rotatable bonds is 7. The molecule has 0 aromatic rings. The highest BCUT2D eigenvalue weighted by Crippen LogP contribution is 2.48. The Balaban J connectivity index is 4.53. The summed E-state index contributed by atoms with van der Waals surface area (Å²) in [6.07, 6.45) is 0.641. The molecule has 0 aliphatic heterocycles. The molecule has 0 bridgehead atoms. The monoisotopic (exact) mass is 238 g/mol. The Morgan fingerprint density at radius 1 is 1.13 bits per heavy atom. The summed E-state index contributed by atoms with van der Waals surface area (Å²) < 4.78 is 22.6. The van der Waals surface area contributed by atoms with Crippen molar-refractivity contribution >= 4 is 7.37 Å². The lowest BCUT2D eigenvalue weighted by atomic mass is 10.5. The molecular weight excluding hydrogens is 215 g/mol. The highest BCUT2D eigenvalue weighted by atomic mass is 31.2. The Kier molecular flexibility index (Phi) is 6.69. The van der Waals surface area contributed by atoms with Crippen LogP contribution in [0.4, 0.5) is 0 Å². The van der Waals surface area contributed by atoms with Gasteiger partial charge in [-0.3, -0.25) is 4.57 Å². The van der Waals surface area contributed by atoms with E-state index in [2.05, 4.69) is 0 Å². The van der Waals surface area contributed by atoms with Crippen molar-refractivity contribution in [3.05, 3.63) is 0 Å². The SMILES string of the molecule is CCCP(=O)(O)C(OC(C)C)OC(C)C. The molecule has 0 saturated carbocycles. The molecule has 0 amide bonds. The minimum Gasteiger partial charge on any atom is -0.342 e. The molecule has 5 heteroatoms. The average Bonchev–Trinajstić information content (AvgIpc) is 2.00. The summed E-state index contributed by atoms with van der Waals surface area (Å²) in [4.78, 5) is 9.78. The second kappa shape index (κ2) is 6.64. The molecule has 0 aliphatic rings. The third-order valence-corrected chi connectivity index (χ3v) is 3.64. The van der Waals surface area contributed by atoms with Crippen molar-refractivity contribution in [3.63, 3.8) is 0 Å². The van der Waals surface area contributed by atoms with Crippen LogP contribution in [-0.4, -0.2) is 29.3 Å². The second-order valence-corrected chi connectivity index (χ2v) is 6.54. The minimum atomic E-state index is -3.35. The first kappa shape index (κ1) is 15.1. The molecule has 92 valence electrons. The van der Waals surface area contributed by atoms with Gasteiger partial charge >= 0.3 is 0 Å². The van der Waals surface area contributed by atoms with Crippen molar-refractivity contribution in [1.29, 1.82) is 0 Å². The molecule has 0 radical (unpaired) electrons. The molecule has 0 rings (SSSR count). The quantitative estimate of drug-likeness (QED) is 0.547. The molecule has 0 spiro atoms. The van der Waals surface area contributed by atoms with E-state index in [0.29, 0.717) is 6.42 Å². The molecule has 4 nitrogen and oxygen atoms in total. The summed E-state index contributed by atoms with van der Waals surface area (Å²) in [6.45, 7) is 9.15. The fourth-order valence-corrected chi connectivity index (χ4v) is 2.83. The molecule has 0 aromatic heterocycles. The van der Waals surface area contributed by atoms with Crippen LogP contribution in [0, 0.1) is 0 Å². The van der Waals surface area contributed by atoms with Crippen LogP contribution < -0.4 is 0 Å². The lowest BCUT2D eigenvalue weighted by Gasteiger charge is -2.26. The van der Waals surface area contributed by atoms with Gasteiger partial charge in [-0.05, 0) is 34.1 Å². The molecule has 0 aromatic carbocycles. The van der Waals surface area contributed by atoms with Gasteiger partial charge in [-0.1, -0.05) is 6.92 Å². The van der Waals surface area contributed by atoms with E-state index in [1.54, 1.807) is 0 Å². The number of hydrogen-bond donors (Lipinski definition) is 1. The lowest BCUT2D eigenvalue weighted by molar-refractivity contribution is -0.137. The Morgan fingerprint density at radius 2 is 1.53 bits per heavy atom. The predicted octanol–water partition coefficient (Wildman–Crippen LogP) is 2.80. The Hall–Kier alpha value is 0.110. The van der Waals surface area contributed by atoms with E-state index < -0.39 is 13.4 Å². The van der Waals surface area contributed by atoms with Gasteiger partial charge in [0, 0.05) is 6.16 Å². The first-order valence-electron chi connectivity index (χ1n) is 5.42. The van der Waals surface area contributed by atoms with E-state index in [4.69, 9.17) is 9.47 Å². The summed E-state index contributed by atoms with van der Waals surface area (Å²) in [7, 11) is -3.35. The van der Waals surface area contributed by atoms with Gasteiger partial charge in [0.2, 0.25) is 6.03 Å². The summed E-state index contributed by atoms with van der Waals surface area (Å²) in [5.74, 6) is 0. The van der Waals surface area contributed by atoms with E-state index in [1.165, 1.54) is 0 Å². The third-order valence-electron chi connectivity index (χ3n) is 1.65. The van der Waals surface area contributed by atoms with E-state index in [0.717, 1.165) is 0 Å². The highest BCUT2D eigenvalue weighted by Gasteiger charge is 2.33. The maximum absolute atomic E-state index is 11.9. The smallest absolute Gasteiger partial charge is 0.255 e. The van der Waals surface area contributed by atoms with E-state index in [1.807, 2.05) is 34.6 Å². The van der Waals surface area contributed by atoms with E-state index in [-0.39, 0.29) is 18.4 Å². The first-order chi connectivity index (χ1) is 6.79. The van der Waals surface area contributed by atoms with Crippen LogP contribution in [0.3, 0.4) is 0 Å². The van der Waals surface area contributed by atoms with Gasteiger partial charge in [0.25, 0.3) is 7.37 Å². The zero-order valence-electron chi connectivity index (χ0n) is 10.3. The Morgan fingerprint density at radius 3 is 1.80 bits per heavy atom. The summed E-state index contributed by atoms with van der Waals surface area (Å²) in [6, 6.07) is -0.988. The van der Waals surface area contributed by atoms with Gasteiger partial charge < -0.3 is 14.4 Å². The van der Waals surface area contributed by atoms with Gasteiger partial charge in [0.1, 0.15) is 0 Å². The van der Waals surface area contributed by atoms with Crippen LogP contribution in [0.25, 0.3) is 0 Å². The summed E-state index contributed by atoms with van der Waals surface area (Å²) >= 11 is 0. The fraction of sp³-hybridized carbons (Fsp3) is 1.00. The minimum absolute atomic E-state index is 0.119. The van der Waals surface area contributed by atoms with Crippen LogP contribution >= 0.6 is 7.37 Å². The van der Waals surface area contributed by atoms with Crippen LogP contribution in [0.15, 0.2) is 0 Å². The van der Waals surface area contributed by atoms with Crippen molar-refractivity contribution in [1.82, 2.24) is 0 Å². The number of ether oxygens (including phenoxy) is 2. The predicted molar refractivity (Wildman–Crippen MR) is 61.2 cm³/mol. The zero-order valence-corrected chi connectivity index (χ0v) is 11.2. The zero-order chi connectivity index (χ0) is 12.1. The van der Waals surface area contributed by atoms with Crippen LogP contribution in [0.2, 0.25) is 0 Å². The third kappa shape index (κ3) is 6.31. The van der Waals surface area contributed by atoms with Gasteiger partial charge in [-0.25, -0.2) is 0 Å². The second-order valence-electron chi connectivity index (χ2n) is 4.16. The lowest BCUT2D eigenvalue weighted by Crippen LogP contribution is -2.25. The maximum Gasteiger partial charge on any atom is 0.255 e. The number of hydrogen-bond acceptors (Lipinski definition) is 3. The van der Waals surface area contributed by atoms with E-state index >= 15 is 0 Å². The van der Waals surface area contributed by atoms with Crippen molar-refractivity contribution in [3.8, 4) is 0 Å². The van der Waals surface area contributed by atoms with Crippen molar-refractivity contribution in [2.24, 2.45) is 0 Å². The fourth-order valence-electron chi connectivity index (χ4n) is 1.11. The molecular formula is C10H23O4P. The average molecular weight is 238 g/mol. The van der Waals surface area contributed by atoms with Gasteiger partial charge in [-0.2, -0.15) is 0 Å².